The second kappa shape index (κ2) is 9.58. The van der Waals surface area contributed by atoms with Crippen LogP contribution in [0.2, 0.25) is 5.02 Å². The summed E-state index contributed by atoms with van der Waals surface area (Å²) in [5, 5.41) is 4.41. The van der Waals surface area contributed by atoms with Crippen molar-refractivity contribution < 1.29 is 23.5 Å². The second-order valence-corrected chi connectivity index (χ2v) is 7.03. The average Bonchev–Trinajstić information content (AvgIpc) is 3.18. The van der Waals surface area contributed by atoms with E-state index in [0.717, 1.165) is 5.56 Å². The third-order valence-electron chi connectivity index (χ3n) is 4.00. The molecule has 0 bridgehead atoms. The van der Waals surface area contributed by atoms with E-state index < -0.39 is 5.97 Å². The van der Waals surface area contributed by atoms with E-state index in [2.05, 4.69) is 15.1 Å². The van der Waals surface area contributed by atoms with Gasteiger partial charge < -0.3 is 18.7 Å². The molecule has 0 spiro atoms. The molecule has 0 aliphatic carbocycles. The van der Waals surface area contributed by atoms with E-state index in [1.807, 2.05) is 26.8 Å². The van der Waals surface area contributed by atoms with E-state index in [1.54, 1.807) is 31.3 Å². The van der Waals surface area contributed by atoms with Gasteiger partial charge in [-0.3, -0.25) is 0 Å². The maximum Gasteiger partial charge on any atom is 0.344 e. The molecule has 0 N–H and O–H groups in total. The van der Waals surface area contributed by atoms with Gasteiger partial charge in [0.25, 0.3) is 5.89 Å². The van der Waals surface area contributed by atoms with Crippen molar-refractivity contribution in [1.29, 1.82) is 0 Å². The number of hydrogen-bond acceptors (Lipinski definition) is 8. The minimum atomic E-state index is -0.432. The number of aromatic nitrogens is 3. The quantitative estimate of drug-likeness (QED) is 0.481. The molecule has 0 aliphatic rings. The largest absolute Gasteiger partial charge is 0.482 e. The van der Waals surface area contributed by atoms with Crippen LogP contribution in [0.1, 0.15) is 26.3 Å². The number of nitrogens with zero attached hydrogens (tertiary/aromatic N) is 3. The molecule has 0 aliphatic heterocycles. The van der Waals surface area contributed by atoms with Gasteiger partial charge in [-0.05, 0) is 39.8 Å². The molecule has 2 aromatic heterocycles. The Hall–Kier alpha value is -3.13. The van der Waals surface area contributed by atoms with Gasteiger partial charge in [0.1, 0.15) is 10.8 Å². The minimum Gasteiger partial charge on any atom is -0.482 e. The number of pyridine rings is 1. The Kier molecular flexibility index (Phi) is 6.89. The van der Waals surface area contributed by atoms with Gasteiger partial charge in [0.15, 0.2) is 6.61 Å². The molecule has 9 heteroatoms. The lowest BCUT2D eigenvalue weighted by atomic mass is 10.1. The van der Waals surface area contributed by atoms with E-state index in [1.165, 1.54) is 0 Å². The van der Waals surface area contributed by atoms with Gasteiger partial charge in [-0.2, -0.15) is 4.98 Å². The number of halogens is 1. The zero-order valence-corrected chi connectivity index (χ0v) is 17.9. The SMILES string of the molecule is CCOC(=O)COc1cccc(-c2noc(-c3cnc(OC(C)C)c(Cl)c3)n2)c1C. The molecule has 0 saturated heterocycles. The standard InChI is InChI=1S/C21H22ClN3O5/c1-5-27-18(26)11-28-17-8-6-7-15(13(17)4)19-24-20(30-25-19)14-9-16(22)21(23-10-14)29-12(2)3/h6-10,12H,5,11H2,1-4H3. The Morgan fingerprint density at radius 1 is 1.30 bits per heavy atom. The molecular weight excluding hydrogens is 410 g/mol. The third kappa shape index (κ3) is 5.07. The van der Waals surface area contributed by atoms with Gasteiger partial charge in [0, 0.05) is 17.3 Å². The lowest BCUT2D eigenvalue weighted by molar-refractivity contribution is -0.145. The predicted octanol–water partition coefficient (Wildman–Crippen LogP) is 4.49. The van der Waals surface area contributed by atoms with Crippen molar-refractivity contribution in [3.63, 3.8) is 0 Å². The molecular formula is C21H22ClN3O5. The van der Waals surface area contributed by atoms with E-state index in [-0.39, 0.29) is 18.6 Å². The molecule has 3 rings (SSSR count). The molecule has 8 nitrogen and oxygen atoms in total. The Morgan fingerprint density at radius 3 is 2.80 bits per heavy atom. The van der Waals surface area contributed by atoms with E-state index in [0.29, 0.717) is 40.2 Å². The predicted molar refractivity (Wildman–Crippen MR) is 111 cm³/mol. The number of rotatable bonds is 8. The molecule has 0 radical (unpaired) electrons. The van der Waals surface area contributed by atoms with Crippen LogP contribution in [0.15, 0.2) is 35.0 Å². The van der Waals surface area contributed by atoms with E-state index >= 15 is 0 Å². The number of carbonyl (C=O) groups excluding carboxylic acids is 1. The van der Waals surface area contributed by atoms with Crippen molar-refractivity contribution in [2.75, 3.05) is 13.2 Å². The highest BCUT2D eigenvalue weighted by Crippen LogP contribution is 2.31. The highest BCUT2D eigenvalue weighted by atomic mass is 35.5. The van der Waals surface area contributed by atoms with Gasteiger partial charge in [0.2, 0.25) is 11.7 Å². The minimum absolute atomic E-state index is 0.0443. The number of hydrogen-bond donors (Lipinski definition) is 0. The molecule has 0 atom stereocenters. The summed E-state index contributed by atoms with van der Waals surface area (Å²) in [6.45, 7) is 7.50. The van der Waals surface area contributed by atoms with E-state index in [9.17, 15) is 4.79 Å². The number of carbonyl (C=O) groups is 1. The summed E-state index contributed by atoms with van der Waals surface area (Å²) in [4.78, 5) is 20.2. The van der Waals surface area contributed by atoms with Crippen LogP contribution in [0.5, 0.6) is 11.6 Å². The first kappa shape index (κ1) is 21.6. The van der Waals surface area contributed by atoms with Gasteiger partial charge in [0.05, 0.1) is 18.3 Å². The van der Waals surface area contributed by atoms with E-state index in [4.69, 9.17) is 30.3 Å². The van der Waals surface area contributed by atoms with Crippen LogP contribution in [0.3, 0.4) is 0 Å². The van der Waals surface area contributed by atoms with Crippen LogP contribution in [0, 0.1) is 6.92 Å². The van der Waals surface area contributed by atoms with Crippen molar-refractivity contribution in [3.8, 4) is 34.5 Å². The lowest BCUT2D eigenvalue weighted by Crippen LogP contribution is -2.15. The average molecular weight is 432 g/mol. The first-order valence-electron chi connectivity index (χ1n) is 9.43. The Labute approximate surface area is 179 Å². The molecule has 3 aromatic rings. The molecule has 30 heavy (non-hydrogen) atoms. The van der Waals surface area contributed by atoms with Crippen LogP contribution < -0.4 is 9.47 Å². The Bertz CT molecular complexity index is 1040. The Morgan fingerprint density at radius 2 is 2.10 bits per heavy atom. The first-order valence-corrected chi connectivity index (χ1v) is 9.81. The molecule has 0 fully saturated rings. The van der Waals surface area contributed by atoms with Crippen LogP contribution in [-0.4, -0.2) is 40.4 Å². The Balaban J connectivity index is 1.82. The van der Waals surface area contributed by atoms with Crippen LogP contribution in [0.25, 0.3) is 22.8 Å². The summed E-state index contributed by atoms with van der Waals surface area (Å²) in [6, 6.07) is 7.05. The summed E-state index contributed by atoms with van der Waals surface area (Å²) >= 11 is 6.24. The van der Waals surface area contributed by atoms with Crippen molar-refractivity contribution in [3.05, 3.63) is 41.0 Å². The molecule has 158 valence electrons. The van der Waals surface area contributed by atoms with Crippen LogP contribution in [0.4, 0.5) is 0 Å². The normalized spacial score (nSPS) is 10.9. The number of ether oxygens (including phenoxy) is 3. The summed E-state index contributed by atoms with van der Waals surface area (Å²) in [6.07, 6.45) is 1.52. The summed E-state index contributed by atoms with van der Waals surface area (Å²) in [7, 11) is 0. The molecule has 0 amide bonds. The summed E-state index contributed by atoms with van der Waals surface area (Å²) in [5.74, 6) is 1.10. The van der Waals surface area contributed by atoms with Gasteiger partial charge in [-0.1, -0.05) is 28.9 Å². The molecule has 0 saturated carbocycles. The fraction of sp³-hybridized carbons (Fsp3) is 0.333. The highest BCUT2D eigenvalue weighted by molar-refractivity contribution is 6.32. The molecule has 1 aromatic carbocycles. The molecule has 0 unspecified atom stereocenters. The number of benzene rings is 1. The highest BCUT2D eigenvalue weighted by Gasteiger charge is 2.17. The zero-order valence-electron chi connectivity index (χ0n) is 17.1. The van der Waals surface area contributed by atoms with Crippen molar-refractivity contribution in [2.24, 2.45) is 0 Å². The van der Waals surface area contributed by atoms with Crippen LogP contribution in [-0.2, 0) is 9.53 Å². The van der Waals surface area contributed by atoms with Gasteiger partial charge >= 0.3 is 5.97 Å². The lowest BCUT2D eigenvalue weighted by Gasteiger charge is -2.10. The molecule has 2 heterocycles. The maximum atomic E-state index is 11.5. The first-order chi connectivity index (χ1) is 14.4. The topological polar surface area (TPSA) is 96.6 Å². The van der Waals surface area contributed by atoms with Crippen molar-refractivity contribution in [2.45, 2.75) is 33.8 Å². The number of esters is 1. The monoisotopic (exact) mass is 431 g/mol. The fourth-order valence-corrected chi connectivity index (χ4v) is 2.87. The second-order valence-electron chi connectivity index (χ2n) is 6.62. The van der Waals surface area contributed by atoms with Crippen molar-refractivity contribution in [1.82, 2.24) is 15.1 Å². The van der Waals surface area contributed by atoms with Crippen molar-refractivity contribution >= 4 is 17.6 Å². The summed E-state index contributed by atoms with van der Waals surface area (Å²) < 4.78 is 21.4. The van der Waals surface area contributed by atoms with Gasteiger partial charge in [-0.15, -0.1) is 0 Å². The summed E-state index contributed by atoms with van der Waals surface area (Å²) in [5.41, 5.74) is 2.05. The third-order valence-corrected chi connectivity index (χ3v) is 4.27. The fourth-order valence-electron chi connectivity index (χ4n) is 2.65. The van der Waals surface area contributed by atoms with Gasteiger partial charge in [-0.25, -0.2) is 9.78 Å². The smallest absolute Gasteiger partial charge is 0.344 e. The maximum absolute atomic E-state index is 11.5. The zero-order chi connectivity index (χ0) is 21.7. The van der Waals surface area contributed by atoms with Crippen LogP contribution >= 0.6 is 11.6 Å².